The highest BCUT2D eigenvalue weighted by Crippen LogP contribution is 2.34. The molecule has 0 saturated heterocycles. The van der Waals surface area contributed by atoms with Gasteiger partial charge in [0.2, 0.25) is 0 Å². The number of benzene rings is 1. The summed E-state index contributed by atoms with van der Waals surface area (Å²) >= 11 is 0. The molecular weight excluding hydrogens is 286 g/mol. The Hall–Kier alpha value is -1.82. The number of rotatable bonds is 2. The molecule has 1 N–H and O–H groups in total. The molecule has 6 heteroatoms. The maximum absolute atomic E-state index is 13.1. The lowest BCUT2D eigenvalue weighted by molar-refractivity contribution is 0.544. The second kappa shape index (κ2) is 4.87. The normalized spacial score (nSPS) is 18.6. The van der Waals surface area contributed by atoms with E-state index in [1.54, 1.807) is 13.8 Å². The molecule has 1 aromatic carbocycles. The van der Waals surface area contributed by atoms with Crippen LogP contribution in [0, 0.1) is 19.8 Å². The zero-order chi connectivity index (χ0) is 15.2. The standard InChI is InChI=1S/C15H19N3O2S/c1-10-8-13-6-4-5-7-14(13)18(9-10)21(19,20)15-11(2)16-17-12(15)3/h4-7,10H,8-9H2,1-3H3,(H,16,17). The van der Waals surface area contributed by atoms with Crippen LogP contribution in [0.2, 0.25) is 0 Å². The number of nitrogens with zero attached hydrogens (tertiary/aromatic N) is 2. The van der Waals surface area contributed by atoms with Crippen molar-refractivity contribution in [2.45, 2.75) is 32.1 Å². The molecule has 0 fully saturated rings. The van der Waals surface area contributed by atoms with Crippen LogP contribution in [0.4, 0.5) is 5.69 Å². The number of aryl methyl sites for hydroxylation is 2. The molecule has 5 nitrogen and oxygen atoms in total. The summed E-state index contributed by atoms with van der Waals surface area (Å²) in [6, 6.07) is 7.72. The summed E-state index contributed by atoms with van der Waals surface area (Å²) in [7, 11) is -3.59. The van der Waals surface area contributed by atoms with Crippen molar-refractivity contribution in [3.05, 3.63) is 41.2 Å². The van der Waals surface area contributed by atoms with Crippen LogP contribution in [0.15, 0.2) is 29.2 Å². The predicted octanol–water partition coefficient (Wildman–Crippen LogP) is 2.41. The summed E-state index contributed by atoms with van der Waals surface area (Å²) in [5.74, 6) is 0.294. The van der Waals surface area contributed by atoms with Crippen LogP contribution < -0.4 is 4.31 Å². The van der Waals surface area contributed by atoms with Gasteiger partial charge in [-0.2, -0.15) is 5.10 Å². The topological polar surface area (TPSA) is 66.1 Å². The Morgan fingerprint density at radius 3 is 2.67 bits per heavy atom. The number of fused-ring (bicyclic) bond motifs is 1. The van der Waals surface area contributed by atoms with Crippen molar-refractivity contribution in [2.24, 2.45) is 5.92 Å². The van der Waals surface area contributed by atoms with Crippen LogP contribution >= 0.6 is 0 Å². The molecule has 1 aliphatic heterocycles. The lowest BCUT2D eigenvalue weighted by Crippen LogP contribution is -2.39. The van der Waals surface area contributed by atoms with Crippen LogP contribution in [-0.4, -0.2) is 25.2 Å². The van der Waals surface area contributed by atoms with E-state index in [1.807, 2.05) is 24.3 Å². The first kappa shape index (κ1) is 14.1. The van der Waals surface area contributed by atoms with Crippen LogP contribution in [0.5, 0.6) is 0 Å². The molecule has 21 heavy (non-hydrogen) atoms. The number of hydrogen-bond acceptors (Lipinski definition) is 3. The Kier molecular flexibility index (Phi) is 3.28. The summed E-state index contributed by atoms with van der Waals surface area (Å²) in [5.41, 5.74) is 2.97. The Bertz CT molecular complexity index is 760. The monoisotopic (exact) mass is 305 g/mol. The van der Waals surface area contributed by atoms with E-state index >= 15 is 0 Å². The van der Waals surface area contributed by atoms with Crippen molar-refractivity contribution in [1.29, 1.82) is 0 Å². The van der Waals surface area contributed by atoms with Gasteiger partial charge in [0, 0.05) is 6.54 Å². The largest absolute Gasteiger partial charge is 0.281 e. The third kappa shape index (κ3) is 2.23. The van der Waals surface area contributed by atoms with Crippen LogP contribution in [0.1, 0.15) is 23.9 Å². The van der Waals surface area contributed by atoms with E-state index in [0.717, 1.165) is 17.7 Å². The van der Waals surface area contributed by atoms with Gasteiger partial charge in [-0.3, -0.25) is 9.40 Å². The molecule has 2 aromatic rings. The lowest BCUT2D eigenvalue weighted by Gasteiger charge is -2.33. The maximum Gasteiger partial charge on any atom is 0.268 e. The predicted molar refractivity (Wildman–Crippen MR) is 81.9 cm³/mol. The van der Waals surface area contributed by atoms with E-state index < -0.39 is 10.0 Å². The fraction of sp³-hybridized carbons (Fsp3) is 0.400. The first-order valence-electron chi connectivity index (χ1n) is 7.03. The fourth-order valence-corrected chi connectivity index (χ4v) is 4.97. The molecule has 1 unspecified atom stereocenters. The van der Waals surface area contributed by atoms with Gasteiger partial charge in [0.05, 0.1) is 17.1 Å². The van der Waals surface area contributed by atoms with Crippen molar-refractivity contribution in [1.82, 2.24) is 10.2 Å². The molecule has 0 spiro atoms. The van der Waals surface area contributed by atoms with Crippen molar-refractivity contribution < 1.29 is 8.42 Å². The number of para-hydroxylation sites is 1. The smallest absolute Gasteiger partial charge is 0.268 e. The van der Waals surface area contributed by atoms with Crippen molar-refractivity contribution in [2.75, 3.05) is 10.8 Å². The first-order valence-corrected chi connectivity index (χ1v) is 8.47. The Labute approximate surface area is 125 Å². The summed E-state index contributed by atoms with van der Waals surface area (Å²) in [4.78, 5) is 0.298. The third-order valence-corrected chi connectivity index (χ3v) is 5.96. The van der Waals surface area contributed by atoms with Gasteiger partial charge < -0.3 is 0 Å². The second-order valence-electron chi connectivity index (χ2n) is 5.74. The number of aromatic nitrogens is 2. The quantitative estimate of drug-likeness (QED) is 0.926. The number of aromatic amines is 1. The molecule has 1 aliphatic rings. The molecule has 1 atom stereocenters. The molecule has 0 radical (unpaired) electrons. The Morgan fingerprint density at radius 1 is 1.29 bits per heavy atom. The number of sulfonamides is 1. The molecule has 112 valence electrons. The lowest BCUT2D eigenvalue weighted by atomic mass is 9.96. The van der Waals surface area contributed by atoms with E-state index in [9.17, 15) is 8.42 Å². The minimum absolute atomic E-state index is 0.294. The highest BCUT2D eigenvalue weighted by atomic mass is 32.2. The second-order valence-corrected chi connectivity index (χ2v) is 7.54. The minimum Gasteiger partial charge on any atom is -0.281 e. The van der Waals surface area contributed by atoms with Crippen LogP contribution in [-0.2, 0) is 16.4 Å². The summed E-state index contributed by atoms with van der Waals surface area (Å²) < 4.78 is 27.7. The van der Waals surface area contributed by atoms with Gasteiger partial charge in [0.25, 0.3) is 10.0 Å². The Balaban J connectivity index is 2.16. The maximum atomic E-state index is 13.1. The number of nitrogens with one attached hydrogen (secondary N) is 1. The molecule has 0 saturated carbocycles. The Morgan fingerprint density at radius 2 is 2.00 bits per heavy atom. The van der Waals surface area contributed by atoms with Crippen LogP contribution in [0.25, 0.3) is 0 Å². The van der Waals surface area contributed by atoms with Gasteiger partial charge >= 0.3 is 0 Å². The van der Waals surface area contributed by atoms with E-state index in [4.69, 9.17) is 0 Å². The number of anilines is 1. The zero-order valence-corrected chi connectivity index (χ0v) is 13.2. The highest BCUT2D eigenvalue weighted by molar-refractivity contribution is 7.93. The third-order valence-electron chi connectivity index (χ3n) is 3.91. The zero-order valence-electron chi connectivity index (χ0n) is 12.4. The first-order chi connectivity index (χ1) is 9.91. The molecule has 1 aromatic heterocycles. The summed E-state index contributed by atoms with van der Waals surface area (Å²) in [5, 5.41) is 6.78. The molecule has 0 aliphatic carbocycles. The van der Waals surface area contributed by atoms with Crippen molar-refractivity contribution in [3.8, 4) is 0 Å². The summed E-state index contributed by atoms with van der Waals surface area (Å²) in [6.07, 6.45) is 0.908. The van der Waals surface area contributed by atoms with E-state index in [0.29, 0.717) is 28.7 Å². The van der Waals surface area contributed by atoms with Crippen LogP contribution in [0.3, 0.4) is 0 Å². The SMILES string of the molecule is Cc1n[nH]c(C)c1S(=O)(=O)N1CC(C)Cc2ccccc21. The van der Waals surface area contributed by atoms with Crippen molar-refractivity contribution >= 4 is 15.7 Å². The van der Waals surface area contributed by atoms with E-state index in [1.165, 1.54) is 4.31 Å². The van der Waals surface area contributed by atoms with E-state index in [-0.39, 0.29) is 0 Å². The van der Waals surface area contributed by atoms with Gasteiger partial charge in [0.15, 0.2) is 0 Å². The van der Waals surface area contributed by atoms with Crippen molar-refractivity contribution in [3.63, 3.8) is 0 Å². The van der Waals surface area contributed by atoms with Gasteiger partial charge in [0.1, 0.15) is 4.90 Å². The van der Waals surface area contributed by atoms with Gasteiger partial charge in [-0.25, -0.2) is 8.42 Å². The van der Waals surface area contributed by atoms with E-state index in [2.05, 4.69) is 17.1 Å². The minimum atomic E-state index is -3.59. The number of hydrogen-bond donors (Lipinski definition) is 1. The van der Waals surface area contributed by atoms with Gasteiger partial charge in [-0.05, 0) is 37.8 Å². The average molecular weight is 305 g/mol. The van der Waals surface area contributed by atoms with Gasteiger partial charge in [-0.1, -0.05) is 25.1 Å². The average Bonchev–Trinajstić information content (AvgIpc) is 2.77. The molecule has 3 rings (SSSR count). The molecule has 0 bridgehead atoms. The molecular formula is C15H19N3O2S. The number of H-pyrrole nitrogens is 1. The summed E-state index contributed by atoms with van der Waals surface area (Å²) in [6.45, 7) is 6.04. The molecule has 0 amide bonds. The highest BCUT2D eigenvalue weighted by Gasteiger charge is 2.34. The molecule has 2 heterocycles. The van der Waals surface area contributed by atoms with Gasteiger partial charge in [-0.15, -0.1) is 0 Å². The fourth-order valence-electron chi connectivity index (χ4n) is 3.01.